The fourth-order valence-corrected chi connectivity index (χ4v) is 2.05. The molecule has 2 aromatic heterocycles. The minimum Gasteiger partial charge on any atom is -0.339 e. The number of halogens is 1. The zero-order valence-corrected chi connectivity index (χ0v) is 11.1. The van der Waals surface area contributed by atoms with E-state index in [1.54, 1.807) is 19.1 Å². The Bertz CT molecular complexity index is 769. The van der Waals surface area contributed by atoms with Gasteiger partial charge in [-0.05, 0) is 31.5 Å². The highest BCUT2D eigenvalue weighted by atomic mass is 19.1. The van der Waals surface area contributed by atoms with Gasteiger partial charge in [-0.25, -0.2) is 9.37 Å². The molecule has 0 spiro atoms. The summed E-state index contributed by atoms with van der Waals surface area (Å²) in [5.41, 5.74) is 1.83. The van der Waals surface area contributed by atoms with E-state index < -0.39 is 0 Å². The summed E-state index contributed by atoms with van der Waals surface area (Å²) in [5, 5.41) is 7.82. The largest absolute Gasteiger partial charge is 0.339 e. The number of fused-ring (bicyclic) bond motifs is 1. The average Bonchev–Trinajstić information content (AvgIpc) is 2.81. The smallest absolute Gasteiger partial charge is 0.263 e. The Balaban J connectivity index is 2.12. The van der Waals surface area contributed by atoms with Crippen LogP contribution < -0.4 is 5.32 Å². The predicted molar refractivity (Wildman–Crippen MR) is 73.4 cm³/mol. The molecule has 0 saturated carbocycles. The van der Waals surface area contributed by atoms with Gasteiger partial charge in [-0.2, -0.15) is 4.98 Å². The lowest BCUT2D eigenvalue weighted by atomic mass is 10.2. The Morgan fingerprint density at radius 3 is 2.90 bits per heavy atom. The van der Waals surface area contributed by atoms with Gasteiger partial charge in [0.1, 0.15) is 22.8 Å². The van der Waals surface area contributed by atoms with E-state index in [4.69, 9.17) is 4.52 Å². The minimum absolute atomic E-state index is 0.307. The minimum atomic E-state index is -0.307. The van der Waals surface area contributed by atoms with E-state index in [1.165, 1.54) is 12.1 Å². The molecule has 6 heteroatoms. The van der Waals surface area contributed by atoms with Crippen molar-refractivity contribution in [3.63, 3.8) is 0 Å². The molecule has 0 saturated heterocycles. The van der Waals surface area contributed by atoms with Crippen molar-refractivity contribution in [2.24, 2.45) is 0 Å². The number of rotatable bonds is 3. The summed E-state index contributed by atoms with van der Waals surface area (Å²) in [6, 6.07) is 6.20. The van der Waals surface area contributed by atoms with Crippen molar-refractivity contribution in [1.29, 1.82) is 0 Å². The Labute approximate surface area is 114 Å². The highest BCUT2D eigenvalue weighted by Crippen LogP contribution is 2.27. The molecule has 0 aliphatic rings. The van der Waals surface area contributed by atoms with Crippen LogP contribution in [0.1, 0.15) is 18.4 Å². The average molecular weight is 272 g/mol. The third kappa shape index (κ3) is 2.20. The fraction of sp³-hybridized carbons (Fsp3) is 0.214. The maximum absolute atomic E-state index is 13.2. The molecule has 1 N–H and O–H groups in total. The zero-order chi connectivity index (χ0) is 14.1. The molecule has 2 heterocycles. The predicted octanol–water partition coefficient (Wildman–Crippen LogP) is 3.37. The summed E-state index contributed by atoms with van der Waals surface area (Å²) in [7, 11) is 0. The number of nitrogens with zero attached hydrogens (tertiary/aromatic N) is 3. The number of hydrogen-bond acceptors (Lipinski definition) is 5. The van der Waals surface area contributed by atoms with Crippen LogP contribution in [0.15, 0.2) is 28.8 Å². The number of nitrogens with one attached hydrogen (secondary N) is 1. The summed E-state index contributed by atoms with van der Waals surface area (Å²) in [4.78, 5) is 8.57. The van der Waals surface area contributed by atoms with Gasteiger partial charge in [0.15, 0.2) is 0 Å². The molecule has 0 aliphatic carbocycles. The van der Waals surface area contributed by atoms with Gasteiger partial charge in [0.25, 0.3) is 5.71 Å². The van der Waals surface area contributed by atoms with E-state index >= 15 is 0 Å². The first-order chi connectivity index (χ1) is 9.67. The molecule has 0 bridgehead atoms. The van der Waals surface area contributed by atoms with Crippen LogP contribution >= 0.6 is 0 Å². The van der Waals surface area contributed by atoms with Crippen LogP contribution in [-0.4, -0.2) is 15.1 Å². The van der Waals surface area contributed by atoms with E-state index in [-0.39, 0.29) is 5.82 Å². The molecule has 0 amide bonds. The van der Waals surface area contributed by atoms with Crippen molar-refractivity contribution in [3.05, 3.63) is 41.6 Å². The molecule has 20 heavy (non-hydrogen) atoms. The van der Waals surface area contributed by atoms with E-state index in [0.29, 0.717) is 29.5 Å². The first kappa shape index (κ1) is 12.5. The van der Waals surface area contributed by atoms with Crippen LogP contribution in [0.25, 0.3) is 11.1 Å². The summed E-state index contributed by atoms with van der Waals surface area (Å²) >= 11 is 0. The lowest BCUT2D eigenvalue weighted by molar-refractivity contribution is 0.439. The first-order valence-electron chi connectivity index (χ1n) is 6.33. The van der Waals surface area contributed by atoms with E-state index in [1.807, 2.05) is 6.92 Å². The fourth-order valence-electron chi connectivity index (χ4n) is 2.05. The van der Waals surface area contributed by atoms with Crippen LogP contribution in [0.5, 0.6) is 0 Å². The second-order valence-electron chi connectivity index (χ2n) is 4.42. The number of aromatic nitrogens is 3. The zero-order valence-electron chi connectivity index (χ0n) is 11.1. The van der Waals surface area contributed by atoms with E-state index in [0.717, 1.165) is 11.1 Å². The SMILES string of the molecule is CCc1noc2nc(C)nc(Nc3cccc(F)c3)c12. The van der Waals surface area contributed by atoms with Gasteiger partial charge in [-0.1, -0.05) is 18.1 Å². The highest BCUT2D eigenvalue weighted by Gasteiger charge is 2.15. The first-order valence-corrected chi connectivity index (χ1v) is 6.33. The second-order valence-corrected chi connectivity index (χ2v) is 4.42. The lowest BCUT2D eigenvalue weighted by Gasteiger charge is -2.07. The van der Waals surface area contributed by atoms with Gasteiger partial charge in [0, 0.05) is 5.69 Å². The van der Waals surface area contributed by atoms with Gasteiger partial charge in [0.05, 0.1) is 5.69 Å². The van der Waals surface area contributed by atoms with Crippen molar-refractivity contribution in [1.82, 2.24) is 15.1 Å². The summed E-state index contributed by atoms with van der Waals surface area (Å²) in [6.07, 6.45) is 0.706. The second kappa shape index (κ2) is 4.88. The molecule has 3 aromatic rings. The van der Waals surface area contributed by atoms with Crippen molar-refractivity contribution in [2.75, 3.05) is 5.32 Å². The van der Waals surface area contributed by atoms with Gasteiger partial charge < -0.3 is 9.84 Å². The summed E-state index contributed by atoms with van der Waals surface area (Å²) in [5.74, 6) is 0.837. The Kier molecular flexibility index (Phi) is 3.06. The molecule has 102 valence electrons. The van der Waals surface area contributed by atoms with Crippen LogP contribution in [0.3, 0.4) is 0 Å². The standard InChI is InChI=1S/C14H13FN4O/c1-3-11-12-13(16-8(2)17-14(12)20-19-11)18-10-6-4-5-9(15)7-10/h4-7H,3H2,1-2H3,(H,16,17,18). The van der Waals surface area contributed by atoms with Crippen molar-refractivity contribution < 1.29 is 8.91 Å². The van der Waals surface area contributed by atoms with Crippen LogP contribution in [0.2, 0.25) is 0 Å². The van der Waals surface area contributed by atoms with Gasteiger partial charge in [0.2, 0.25) is 0 Å². The van der Waals surface area contributed by atoms with Crippen LogP contribution in [0, 0.1) is 12.7 Å². The Morgan fingerprint density at radius 1 is 1.30 bits per heavy atom. The molecule has 0 fully saturated rings. The van der Waals surface area contributed by atoms with Crippen molar-refractivity contribution in [2.45, 2.75) is 20.3 Å². The number of anilines is 2. The van der Waals surface area contributed by atoms with Gasteiger partial charge >= 0.3 is 0 Å². The molecule has 0 atom stereocenters. The maximum Gasteiger partial charge on any atom is 0.263 e. The van der Waals surface area contributed by atoms with Crippen LogP contribution in [0.4, 0.5) is 15.9 Å². The Hall–Kier alpha value is -2.50. The number of benzene rings is 1. The monoisotopic (exact) mass is 272 g/mol. The van der Waals surface area contributed by atoms with Gasteiger partial charge in [-0.3, -0.25) is 0 Å². The quantitative estimate of drug-likeness (QED) is 0.792. The molecular formula is C14H13FN4O. The molecule has 0 radical (unpaired) electrons. The molecular weight excluding hydrogens is 259 g/mol. The van der Waals surface area contributed by atoms with Crippen LogP contribution in [-0.2, 0) is 6.42 Å². The molecule has 3 rings (SSSR count). The van der Waals surface area contributed by atoms with Gasteiger partial charge in [-0.15, -0.1) is 0 Å². The third-order valence-electron chi connectivity index (χ3n) is 2.94. The normalized spacial score (nSPS) is 10.9. The molecule has 0 unspecified atom stereocenters. The van der Waals surface area contributed by atoms with E-state index in [2.05, 4.69) is 20.4 Å². The molecule has 0 aliphatic heterocycles. The lowest BCUT2D eigenvalue weighted by Crippen LogP contribution is -1.99. The third-order valence-corrected chi connectivity index (χ3v) is 2.94. The Morgan fingerprint density at radius 2 is 2.15 bits per heavy atom. The molecule has 5 nitrogen and oxygen atoms in total. The van der Waals surface area contributed by atoms with Crippen molar-refractivity contribution in [3.8, 4) is 0 Å². The van der Waals surface area contributed by atoms with E-state index in [9.17, 15) is 4.39 Å². The maximum atomic E-state index is 13.2. The number of aryl methyl sites for hydroxylation is 2. The molecule has 1 aromatic carbocycles. The summed E-state index contributed by atoms with van der Waals surface area (Å²) in [6.45, 7) is 3.74. The van der Waals surface area contributed by atoms with Crippen molar-refractivity contribution >= 4 is 22.6 Å². The summed E-state index contributed by atoms with van der Waals surface area (Å²) < 4.78 is 18.5. The number of hydrogen-bond donors (Lipinski definition) is 1. The topological polar surface area (TPSA) is 63.8 Å². The highest BCUT2D eigenvalue weighted by molar-refractivity contribution is 5.89.